The first-order valence-electron chi connectivity index (χ1n) is 8.89. The van der Waals surface area contributed by atoms with Crippen molar-refractivity contribution in [2.75, 3.05) is 34.4 Å². The van der Waals surface area contributed by atoms with Gasteiger partial charge in [0.1, 0.15) is 0 Å². The van der Waals surface area contributed by atoms with Crippen LogP contribution in [0.25, 0.3) is 0 Å². The molecule has 0 aromatic heterocycles. The highest BCUT2D eigenvalue weighted by atomic mass is 16.5. The quantitative estimate of drug-likeness (QED) is 0.849. The van der Waals surface area contributed by atoms with Crippen LogP contribution < -0.4 is 19.9 Å². The lowest BCUT2D eigenvalue weighted by atomic mass is 9.98. The van der Waals surface area contributed by atoms with E-state index in [1.54, 1.807) is 21.3 Å². The van der Waals surface area contributed by atoms with E-state index >= 15 is 0 Å². The SMILES string of the molecule is COc1cc(CCC(=O)N2CC3CCC(N)C3C2)cc(OC)c1OC. The monoisotopic (exact) mass is 348 g/mol. The van der Waals surface area contributed by atoms with Gasteiger partial charge in [-0.05, 0) is 48.8 Å². The average Bonchev–Trinajstić information content (AvgIpc) is 3.20. The van der Waals surface area contributed by atoms with Crippen LogP contribution in [0.3, 0.4) is 0 Å². The molecule has 2 aliphatic rings. The third-order valence-corrected chi connectivity index (χ3v) is 5.62. The van der Waals surface area contributed by atoms with Crippen LogP contribution in [0.4, 0.5) is 0 Å². The summed E-state index contributed by atoms with van der Waals surface area (Å²) in [7, 11) is 4.77. The predicted octanol–water partition coefficient (Wildman–Crippen LogP) is 1.84. The molecule has 1 aromatic rings. The molecule has 1 saturated heterocycles. The Bertz CT molecular complexity index is 609. The zero-order valence-electron chi connectivity index (χ0n) is 15.3. The number of ether oxygens (including phenoxy) is 3. The van der Waals surface area contributed by atoms with Crippen molar-refractivity contribution >= 4 is 5.91 Å². The number of carbonyl (C=O) groups is 1. The lowest BCUT2D eigenvalue weighted by molar-refractivity contribution is -0.130. The highest BCUT2D eigenvalue weighted by Crippen LogP contribution is 2.39. The molecule has 1 heterocycles. The van der Waals surface area contributed by atoms with Crippen molar-refractivity contribution in [2.45, 2.75) is 31.7 Å². The third kappa shape index (κ3) is 3.54. The molecule has 3 rings (SSSR count). The molecule has 6 heteroatoms. The van der Waals surface area contributed by atoms with E-state index in [2.05, 4.69) is 0 Å². The number of fused-ring (bicyclic) bond motifs is 1. The van der Waals surface area contributed by atoms with Gasteiger partial charge in [-0.1, -0.05) is 0 Å². The van der Waals surface area contributed by atoms with Gasteiger partial charge >= 0.3 is 0 Å². The van der Waals surface area contributed by atoms with Crippen LogP contribution in [0, 0.1) is 11.8 Å². The fraction of sp³-hybridized carbons (Fsp3) is 0.632. The Labute approximate surface area is 149 Å². The molecule has 1 aliphatic carbocycles. The van der Waals surface area contributed by atoms with Gasteiger partial charge in [-0.25, -0.2) is 0 Å². The highest BCUT2D eigenvalue weighted by molar-refractivity contribution is 5.77. The first kappa shape index (κ1) is 17.9. The zero-order chi connectivity index (χ0) is 18.0. The number of carbonyl (C=O) groups excluding carboxylic acids is 1. The maximum Gasteiger partial charge on any atom is 0.222 e. The fourth-order valence-corrected chi connectivity index (χ4v) is 4.20. The number of benzene rings is 1. The van der Waals surface area contributed by atoms with Crippen LogP contribution in [0.15, 0.2) is 12.1 Å². The smallest absolute Gasteiger partial charge is 0.222 e. The van der Waals surface area contributed by atoms with E-state index in [1.165, 1.54) is 0 Å². The van der Waals surface area contributed by atoms with E-state index in [1.807, 2.05) is 17.0 Å². The van der Waals surface area contributed by atoms with Crippen LogP contribution in [-0.2, 0) is 11.2 Å². The summed E-state index contributed by atoms with van der Waals surface area (Å²) < 4.78 is 16.1. The Morgan fingerprint density at radius 3 is 2.36 bits per heavy atom. The Hall–Kier alpha value is -1.95. The van der Waals surface area contributed by atoms with Crippen molar-refractivity contribution < 1.29 is 19.0 Å². The Balaban J connectivity index is 1.62. The van der Waals surface area contributed by atoms with Crippen molar-refractivity contribution in [3.63, 3.8) is 0 Å². The fourth-order valence-electron chi connectivity index (χ4n) is 4.20. The van der Waals surface area contributed by atoms with Gasteiger partial charge in [0.25, 0.3) is 0 Å². The summed E-state index contributed by atoms with van der Waals surface area (Å²) in [5.74, 6) is 3.10. The number of amides is 1. The highest BCUT2D eigenvalue weighted by Gasteiger charge is 2.42. The number of hydrogen-bond acceptors (Lipinski definition) is 5. The van der Waals surface area contributed by atoms with Gasteiger partial charge in [-0.3, -0.25) is 4.79 Å². The van der Waals surface area contributed by atoms with E-state index < -0.39 is 0 Å². The van der Waals surface area contributed by atoms with Gasteiger partial charge in [-0.15, -0.1) is 0 Å². The van der Waals surface area contributed by atoms with Crippen LogP contribution in [-0.4, -0.2) is 51.3 Å². The molecule has 1 amide bonds. The second kappa shape index (κ2) is 7.52. The second-order valence-corrected chi connectivity index (χ2v) is 7.00. The summed E-state index contributed by atoms with van der Waals surface area (Å²) in [5.41, 5.74) is 7.16. The number of likely N-dealkylation sites (tertiary alicyclic amines) is 1. The van der Waals surface area contributed by atoms with Crippen molar-refractivity contribution in [3.8, 4) is 17.2 Å². The molecule has 2 fully saturated rings. The van der Waals surface area contributed by atoms with E-state index in [0.717, 1.165) is 31.5 Å². The summed E-state index contributed by atoms with van der Waals surface area (Å²) >= 11 is 0. The molecule has 1 aliphatic heterocycles. The molecule has 1 aromatic carbocycles. The maximum absolute atomic E-state index is 12.6. The number of aryl methyl sites for hydroxylation is 1. The Kier molecular flexibility index (Phi) is 5.37. The average molecular weight is 348 g/mol. The summed E-state index contributed by atoms with van der Waals surface area (Å²) in [4.78, 5) is 14.6. The molecule has 2 N–H and O–H groups in total. The topological polar surface area (TPSA) is 74.0 Å². The van der Waals surface area contributed by atoms with E-state index in [4.69, 9.17) is 19.9 Å². The standard InChI is InChI=1S/C19H28N2O4/c1-23-16-8-12(9-17(24-2)19(16)25-3)4-7-18(22)21-10-13-5-6-15(20)14(13)11-21/h8-9,13-15H,4-7,10-11,20H2,1-3H3. The normalized spacial score (nSPS) is 25.0. The minimum atomic E-state index is 0.204. The number of rotatable bonds is 6. The minimum Gasteiger partial charge on any atom is -0.493 e. The lowest BCUT2D eigenvalue weighted by Crippen LogP contribution is -2.33. The van der Waals surface area contributed by atoms with E-state index in [0.29, 0.717) is 41.9 Å². The maximum atomic E-state index is 12.6. The first-order chi connectivity index (χ1) is 12.1. The predicted molar refractivity (Wildman–Crippen MR) is 95.2 cm³/mol. The number of hydrogen-bond donors (Lipinski definition) is 1. The molecule has 0 bridgehead atoms. The van der Waals surface area contributed by atoms with Crippen molar-refractivity contribution in [3.05, 3.63) is 17.7 Å². The number of nitrogens with zero attached hydrogens (tertiary/aromatic N) is 1. The molecule has 1 saturated carbocycles. The number of methoxy groups -OCH3 is 3. The molecule has 6 nitrogen and oxygen atoms in total. The molecule has 0 radical (unpaired) electrons. The van der Waals surface area contributed by atoms with Gasteiger partial charge in [0.2, 0.25) is 11.7 Å². The Morgan fingerprint density at radius 2 is 1.80 bits per heavy atom. The van der Waals surface area contributed by atoms with Gasteiger partial charge in [0.15, 0.2) is 11.5 Å². The molecule has 3 unspecified atom stereocenters. The molecular formula is C19H28N2O4. The lowest BCUT2D eigenvalue weighted by Gasteiger charge is -2.19. The molecule has 138 valence electrons. The molecule has 25 heavy (non-hydrogen) atoms. The van der Waals surface area contributed by atoms with Crippen LogP contribution in [0.5, 0.6) is 17.2 Å². The van der Waals surface area contributed by atoms with Gasteiger partial charge in [-0.2, -0.15) is 0 Å². The Morgan fingerprint density at radius 1 is 1.12 bits per heavy atom. The third-order valence-electron chi connectivity index (χ3n) is 5.62. The molecule has 3 atom stereocenters. The van der Waals surface area contributed by atoms with Gasteiger partial charge < -0.3 is 24.8 Å². The summed E-state index contributed by atoms with van der Waals surface area (Å²) in [6.45, 7) is 1.69. The minimum absolute atomic E-state index is 0.204. The van der Waals surface area contributed by atoms with Crippen LogP contribution >= 0.6 is 0 Å². The van der Waals surface area contributed by atoms with Crippen molar-refractivity contribution in [1.29, 1.82) is 0 Å². The number of nitrogens with two attached hydrogens (primary N) is 1. The largest absolute Gasteiger partial charge is 0.493 e. The van der Waals surface area contributed by atoms with Crippen LogP contribution in [0.2, 0.25) is 0 Å². The van der Waals surface area contributed by atoms with Gasteiger partial charge in [0, 0.05) is 25.6 Å². The van der Waals surface area contributed by atoms with Crippen molar-refractivity contribution in [2.24, 2.45) is 17.6 Å². The molecular weight excluding hydrogens is 320 g/mol. The second-order valence-electron chi connectivity index (χ2n) is 7.00. The molecule has 0 spiro atoms. The summed E-state index contributed by atoms with van der Waals surface area (Å²) in [6, 6.07) is 4.07. The summed E-state index contributed by atoms with van der Waals surface area (Å²) in [5, 5.41) is 0. The first-order valence-corrected chi connectivity index (χ1v) is 8.89. The van der Waals surface area contributed by atoms with Gasteiger partial charge in [0.05, 0.1) is 21.3 Å². The summed E-state index contributed by atoms with van der Waals surface area (Å²) in [6.07, 6.45) is 3.38. The van der Waals surface area contributed by atoms with Crippen LogP contribution in [0.1, 0.15) is 24.8 Å². The van der Waals surface area contributed by atoms with Crippen molar-refractivity contribution in [1.82, 2.24) is 4.90 Å². The zero-order valence-corrected chi connectivity index (χ0v) is 15.3. The van der Waals surface area contributed by atoms with E-state index in [-0.39, 0.29) is 11.9 Å². The van der Waals surface area contributed by atoms with E-state index in [9.17, 15) is 4.79 Å².